The van der Waals surface area contributed by atoms with E-state index >= 15 is 0 Å². The van der Waals surface area contributed by atoms with Crippen molar-refractivity contribution >= 4 is 5.69 Å². The van der Waals surface area contributed by atoms with Crippen LogP contribution in [0.15, 0.2) is 30.6 Å². The summed E-state index contributed by atoms with van der Waals surface area (Å²) in [6.45, 7) is 8.18. The van der Waals surface area contributed by atoms with E-state index in [1.54, 1.807) is 0 Å². The molecule has 0 saturated carbocycles. The van der Waals surface area contributed by atoms with Gasteiger partial charge in [0.15, 0.2) is 0 Å². The maximum atomic E-state index is 4.41. The molecule has 1 aromatic carbocycles. The maximum absolute atomic E-state index is 4.41. The molecule has 1 N–H and O–H groups in total. The van der Waals surface area contributed by atoms with Crippen molar-refractivity contribution in [2.75, 3.05) is 11.9 Å². The molecule has 0 atom stereocenters. The topological polar surface area (TPSA) is 33.1 Å². The first-order valence-electron chi connectivity index (χ1n) is 7.47. The summed E-state index contributed by atoms with van der Waals surface area (Å²) in [5.41, 5.74) is 3.89. The fraction of sp³-hybridized carbons (Fsp3) is 0.471. The van der Waals surface area contributed by atoms with Crippen LogP contribution in [0.2, 0.25) is 0 Å². The van der Waals surface area contributed by atoms with Gasteiger partial charge in [-0.05, 0) is 18.6 Å². The van der Waals surface area contributed by atoms with Gasteiger partial charge < -0.3 is 14.8 Å². The van der Waals surface area contributed by atoms with E-state index in [2.05, 4.69) is 65.8 Å². The summed E-state index contributed by atoms with van der Waals surface area (Å²) < 4.78 is 2.07. The van der Waals surface area contributed by atoms with E-state index in [9.17, 15) is 0 Å². The summed E-state index contributed by atoms with van der Waals surface area (Å²) in [4.78, 5) is 6.67. The second kappa shape index (κ2) is 6.76. The molecule has 114 valence electrons. The summed E-state index contributed by atoms with van der Waals surface area (Å²) in [6, 6.07) is 7.12. The fourth-order valence-electron chi connectivity index (χ4n) is 2.39. The van der Waals surface area contributed by atoms with Gasteiger partial charge in [0, 0.05) is 44.8 Å². The van der Waals surface area contributed by atoms with E-state index in [4.69, 9.17) is 0 Å². The predicted molar refractivity (Wildman–Crippen MR) is 88.5 cm³/mol. The highest BCUT2D eigenvalue weighted by molar-refractivity contribution is 5.54. The molecular weight excluding hydrogens is 260 g/mol. The van der Waals surface area contributed by atoms with Gasteiger partial charge in [-0.3, -0.25) is 0 Å². The number of benzene rings is 1. The normalized spacial score (nSPS) is 11.1. The van der Waals surface area contributed by atoms with Gasteiger partial charge >= 0.3 is 0 Å². The molecule has 4 heteroatoms. The molecule has 0 fully saturated rings. The first-order valence-corrected chi connectivity index (χ1v) is 7.47. The zero-order chi connectivity index (χ0) is 15.4. The van der Waals surface area contributed by atoms with E-state index in [0.29, 0.717) is 6.04 Å². The van der Waals surface area contributed by atoms with E-state index in [1.165, 1.54) is 16.8 Å². The smallest absolute Gasteiger partial charge is 0.127 e. The average molecular weight is 286 g/mol. The Labute approximate surface area is 127 Å². The van der Waals surface area contributed by atoms with Crippen molar-refractivity contribution in [3.05, 3.63) is 47.5 Å². The van der Waals surface area contributed by atoms with Crippen LogP contribution in [-0.2, 0) is 20.1 Å². The van der Waals surface area contributed by atoms with Crippen LogP contribution >= 0.6 is 0 Å². The Hall–Kier alpha value is -1.81. The molecule has 0 aliphatic carbocycles. The lowest BCUT2D eigenvalue weighted by Crippen LogP contribution is -2.25. The first-order chi connectivity index (χ1) is 9.97. The number of hydrogen-bond acceptors (Lipinski definition) is 3. The van der Waals surface area contributed by atoms with Gasteiger partial charge in [-0.15, -0.1) is 0 Å². The van der Waals surface area contributed by atoms with Gasteiger partial charge in [0.05, 0.1) is 6.54 Å². The lowest BCUT2D eigenvalue weighted by Gasteiger charge is -2.23. The highest BCUT2D eigenvalue weighted by atomic mass is 15.2. The van der Waals surface area contributed by atoms with Crippen LogP contribution in [-0.4, -0.2) is 22.6 Å². The summed E-state index contributed by atoms with van der Waals surface area (Å²) in [7, 11) is 4.16. The molecule has 0 spiro atoms. The number of hydrogen-bond donors (Lipinski definition) is 1. The molecule has 2 rings (SSSR count). The van der Waals surface area contributed by atoms with Gasteiger partial charge in [-0.2, -0.15) is 0 Å². The molecule has 1 heterocycles. The molecule has 4 nitrogen and oxygen atoms in total. The average Bonchev–Trinajstić information content (AvgIpc) is 2.82. The molecule has 0 aliphatic heterocycles. The van der Waals surface area contributed by atoms with Gasteiger partial charge in [0.25, 0.3) is 0 Å². The van der Waals surface area contributed by atoms with Crippen LogP contribution in [0, 0.1) is 6.92 Å². The summed E-state index contributed by atoms with van der Waals surface area (Å²) in [5, 5.41) is 3.51. The second-order valence-corrected chi connectivity index (χ2v) is 5.98. The third-order valence-electron chi connectivity index (χ3n) is 3.65. The SMILES string of the molecule is Cc1ccc(N(C)Cc2nccn2C)c(CNC(C)C)c1. The van der Waals surface area contributed by atoms with Crippen molar-refractivity contribution in [3.8, 4) is 0 Å². The number of aromatic nitrogens is 2. The molecule has 0 unspecified atom stereocenters. The van der Waals surface area contributed by atoms with Crippen molar-refractivity contribution < 1.29 is 0 Å². The Balaban J connectivity index is 2.19. The molecule has 0 bridgehead atoms. The molecule has 0 amide bonds. The Morgan fingerprint density at radius 3 is 2.71 bits per heavy atom. The standard InChI is InChI=1S/C17H26N4/c1-13(2)19-11-15-10-14(3)6-7-16(15)21(5)12-17-18-8-9-20(17)4/h6-10,13,19H,11-12H2,1-5H3. The Bertz CT molecular complexity index is 586. The van der Waals surface area contributed by atoms with Crippen LogP contribution in [0.5, 0.6) is 0 Å². The van der Waals surface area contributed by atoms with Crippen LogP contribution in [0.4, 0.5) is 5.69 Å². The van der Waals surface area contributed by atoms with Crippen molar-refractivity contribution in [1.29, 1.82) is 0 Å². The Morgan fingerprint density at radius 1 is 1.33 bits per heavy atom. The zero-order valence-electron chi connectivity index (χ0n) is 13.7. The third kappa shape index (κ3) is 4.08. The van der Waals surface area contributed by atoms with E-state index in [-0.39, 0.29) is 0 Å². The van der Waals surface area contributed by atoms with Gasteiger partial charge in [-0.1, -0.05) is 31.5 Å². The van der Waals surface area contributed by atoms with Crippen LogP contribution in [0.1, 0.15) is 30.8 Å². The lowest BCUT2D eigenvalue weighted by molar-refractivity contribution is 0.588. The molecule has 2 aromatic rings. The van der Waals surface area contributed by atoms with E-state index in [0.717, 1.165) is 18.9 Å². The molecule has 21 heavy (non-hydrogen) atoms. The number of aryl methyl sites for hydroxylation is 2. The van der Waals surface area contributed by atoms with Gasteiger partial charge in [-0.25, -0.2) is 4.98 Å². The largest absolute Gasteiger partial charge is 0.367 e. The maximum Gasteiger partial charge on any atom is 0.127 e. The zero-order valence-corrected chi connectivity index (χ0v) is 13.7. The molecule has 0 aliphatic rings. The van der Waals surface area contributed by atoms with Crippen molar-refractivity contribution in [3.63, 3.8) is 0 Å². The minimum atomic E-state index is 0.484. The minimum Gasteiger partial charge on any atom is -0.367 e. The Morgan fingerprint density at radius 2 is 2.10 bits per heavy atom. The first kappa shape index (κ1) is 15.6. The lowest BCUT2D eigenvalue weighted by atomic mass is 10.1. The Kier molecular flexibility index (Phi) is 5.02. The number of rotatable bonds is 6. The number of nitrogens with one attached hydrogen (secondary N) is 1. The van der Waals surface area contributed by atoms with Gasteiger partial charge in [0.2, 0.25) is 0 Å². The quantitative estimate of drug-likeness (QED) is 0.886. The number of anilines is 1. The van der Waals surface area contributed by atoms with Crippen LogP contribution in [0.25, 0.3) is 0 Å². The minimum absolute atomic E-state index is 0.484. The third-order valence-corrected chi connectivity index (χ3v) is 3.65. The molecule has 0 radical (unpaired) electrons. The van der Waals surface area contributed by atoms with Crippen molar-refractivity contribution in [2.45, 2.75) is 39.9 Å². The van der Waals surface area contributed by atoms with Crippen LogP contribution in [0.3, 0.4) is 0 Å². The summed E-state index contributed by atoms with van der Waals surface area (Å²) in [5.74, 6) is 1.07. The number of imidazole rings is 1. The van der Waals surface area contributed by atoms with Crippen molar-refractivity contribution in [1.82, 2.24) is 14.9 Å². The van der Waals surface area contributed by atoms with Crippen LogP contribution < -0.4 is 10.2 Å². The predicted octanol–water partition coefficient (Wildman–Crippen LogP) is 2.86. The molecule has 1 aromatic heterocycles. The van der Waals surface area contributed by atoms with Crippen molar-refractivity contribution in [2.24, 2.45) is 7.05 Å². The number of nitrogens with zero attached hydrogens (tertiary/aromatic N) is 3. The van der Waals surface area contributed by atoms with E-state index in [1.807, 2.05) is 19.4 Å². The highest BCUT2D eigenvalue weighted by Crippen LogP contribution is 2.22. The fourth-order valence-corrected chi connectivity index (χ4v) is 2.39. The second-order valence-electron chi connectivity index (χ2n) is 5.98. The summed E-state index contributed by atoms with van der Waals surface area (Å²) in [6.07, 6.45) is 3.83. The monoisotopic (exact) mass is 286 g/mol. The van der Waals surface area contributed by atoms with E-state index < -0.39 is 0 Å². The van der Waals surface area contributed by atoms with Gasteiger partial charge in [0.1, 0.15) is 5.82 Å². The summed E-state index contributed by atoms with van der Waals surface area (Å²) >= 11 is 0. The molecule has 0 saturated heterocycles. The highest BCUT2D eigenvalue weighted by Gasteiger charge is 2.10. The molecular formula is C17H26N4.